The standard InChI is InChI=1S/C25H29FN2O5/c1-4-27(5-2)12-7-13-28-22(16-8-6-9-17(26)14-16)21(24(31)25(28)32)23(30)19-11-10-18(33-3)15-20(19)29/h6,8-11,14-15,22,29-30H,4-5,7,12-13H2,1-3H3/t22-/m0/s1. The average molecular weight is 457 g/mol. The highest BCUT2D eigenvalue weighted by Gasteiger charge is 2.46. The van der Waals surface area contributed by atoms with Crippen LogP contribution in [0.5, 0.6) is 11.5 Å². The molecule has 3 rings (SSSR count). The Kier molecular flexibility index (Phi) is 7.71. The molecule has 1 amide bonds. The number of phenolic OH excluding ortho intramolecular Hbond substituents is 1. The molecule has 0 aliphatic carbocycles. The summed E-state index contributed by atoms with van der Waals surface area (Å²) in [4.78, 5) is 29.6. The Morgan fingerprint density at radius 1 is 1.15 bits per heavy atom. The number of carbonyl (C=O) groups is 2. The zero-order valence-electron chi connectivity index (χ0n) is 19.0. The summed E-state index contributed by atoms with van der Waals surface area (Å²) in [5, 5.41) is 21.4. The van der Waals surface area contributed by atoms with E-state index in [1.807, 2.05) is 13.8 Å². The Labute approximate surface area is 192 Å². The van der Waals surface area contributed by atoms with Crippen molar-refractivity contribution in [2.24, 2.45) is 0 Å². The topological polar surface area (TPSA) is 90.3 Å². The van der Waals surface area contributed by atoms with Crippen molar-refractivity contribution in [1.29, 1.82) is 0 Å². The van der Waals surface area contributed by atoms with Crippen LogP contribution in [0.4, 0.5) is 4.39 Å². The van der Waals surface area contributed by atoms with Gasteiger partial charge in [0.2, 0.25) is 0 Å². The summed E-state index contributed by atoms with van der Waals surface area (Å²) < 4.78 is 19.1. The monoisotopic (exact) mass is 456 g/mol. The molecule has 1 fully saturated rings. The van der Waals surface area contributed by atoms with Crippen molar-refractivity contribution in [3.8, 4) is 11.5 Å². The number of aliphatic hydroxyl groups is 1. The molecule has 2 aromatic carbocycles. The van der Waals surface area contributed by atoms with Crippen LogP contribution in [0.2, 0.25) is 0 Å². The molecule has 1 heterocycles. The van der Waals surface area contributed by atoms with Crippen LogP contribution in [0, 0.1) is 5.82 Å². The maximum atomic E-state index is 14.1. The molecule has 0 spiro atoms. The minimum absolute atomic E-state index is 0.0154. The van der Waals surface area contributed by atoms with Gasteiger partial charge in [-0.3, -0.25) is 9.59 Å². The molecular formula is C25H29FN2O5. The van der Waals surface area contributed by atoms with E-state index in [2.05, 4.69) is 4.90 Å². The van der Waals surface area contributed by atoms with Crippen LogP contribution in [-0.2, 0) is 9.59 Å². The van der Waals surface area contributed by atoms with E-state index >= 15 is 0 Å². The molecule has 0 radical (unpaired) electrons. The molecule has 2 aromatic rings. The number of aliphatic hydroxyl groups excluding tert-OH is 1. The van der Waals surface area contributed by atoms with Crippen molar-refractivity contribution in [1.82, 2.24) is 9.80 Å². The van der Waals surface area contributed by atoms with E-state index < -0.39 is 29.3 Å². The summed E-state index contributed by atoms with van der Waals surface area (Å²) in [6.07, 6.45) is 0.605. The van der Waals surface area contributed by atoms with Gasteiger partial charge in [0.15, 0.2) is 0 Å². The number of carbonyl (C=O) groups excluding carboxylic acids is 2. The van der Waals surface area contributed by atoms with Gasteiger partial charge in [0.25, 0.3) is 11.7 Å². The van der Waals surface area contributed by atoms with Crippen molar-refractivity contribution < 1.29 is 28.9 Å². The maximum Gasteiger partial charge on any atom is 0.295 e. The molecule has 1 aliphatic rings. The molecule has 7 nitrogen and oxygen atoms in total. The fourth-order valence-electron chi connectivity index (χ4n) is 4.12. The van der Waals surface area contributed by atoms with Crippen LogP contribution in [0.25, 0.3) is 5.76 Å². The zero-order chi connectivity index (χ0) is 24.1. The van der Waals surface area contributed by atoms with Gasteiger partial charge in [-0.2, -0.15) is 0 Å². The van der Waals surface area contributed by atoms with Gasteiger partial charge in [-0.15, -0.1) is 0 Å². The molecule has 0 bridgehead atoms. The summed E-state index contributed by atoms with van der Waals surface area (Å²) in [5.41, 5.74) is 0.166. The highest BCUT2D eigenvalue weighted by Crippen LogP contribution is 2.41. The van der Waals surface area contributed by atoms with Gasteiger partial charge in [-0.1, -0.05) is 26.0 Å². The first-order chi connectivity index (χ1) is 15.8. The highest BCUT2D eigenvalue weighted by molar-refractivity contribution is 6.46. The SMILES string of the molecule is CCN(CC)CCCN1C(=O)C(=O)C(=C(O)c2ccc(OC)cc2O)[C@@H]1c1cccc(F)c1. The van der Waals surface area contributed by atoms with Gasteiger partial charge in [-0.05, 0) is 55.9 Å². The van der Waals surface area contributed by atoms with Crippen molar-refractivity contribution in [3.05, 3.63) is 65.0 Å². The van der Waals surface area contributed by atoms with Crippen LogP contribution < -0.4 is 4.74 Å². The van der Waals surface area contributed by atoms with E-state index in [9.17, 15) is 24.2 Å². The average Bonchev–Trinajstić information content (AvgIpc) is 3.06. The van der Waals surface area contributed by atoms with E-state index in [0.717, 1.165) is 19.6 Å². The number of likely N-dealkylation sites (tertiary alicyclic amines) is 1. The first-order valence-electron chi connectivity index (χ1n) is 11.0. The van der Waals surface area contributed by atoms with Gasteiger partial charge < -0.3 is 24.7 Å². The molecule has 1 atom stereocenters. The number of methoxy groups -OCH3 is 1. The Bertz CT molecular complexity index is 1060. The number of hydrogen-bond acceptors (Lipinski definition) is 6. The molecule has 1 aliphatic heterocycles. The summed E-state index contributed by atoms with van der Waals surface area (Å²) in [6, 6.07) is 8.86. The van der Waals surface area contributed by atoms with Crippen LogP contribution in [0.3, 0.4) is 0 Å². The Hall–Kier alpha value is -3.39. The van der Waals surface area contributed by atoms with E-state index in [1.54, 1.807) is 6.07 Å². The van der Waals surface area contributed by atoms with Crippen molar-refractivity contribution in [2.45, 2.75) is 26.3 Å². The Morgan fingerprint density at radius 3 is 2.48 bits per heavy atom. The Balaban J connectivity index is 2.06. The molecule has 2 N–H and O–H groups in total. The van der Waals surface area contributed by atoms with Crippen molar-refractivity contribution in [2.75, 3.05) is 33.3 Å². The molecule has 8 heteroatoms. The third kappa shape index (κ3) is 5.01. The highest BCUT2D eigenvalue weighted by atomic mass is 19.1. The first kappa shape index (κ1) is 24.3. The number of hydrogen-bond donors (Lipinski definition) is 2. The smallest absolute Gasteiger partial charge is 0.295 e. The lowest BCUT2D eigenvalue weighted by Gasteiger charge is -2.27. The lowest BCUT2D eigenvalue weighted by atomic mass is 9.95. The third-order valence-corrected chi connectivity index (χ3v) is 5.93. The quantitative estimate of drug-likeness (QED) is 0.340. The fraction of sp³-hybridized carbons (Fsp3) is 0.360. The van der Waals surface area contributed by atoms with Gasteiger partial charge in [0, 0.05) is 12.6 Å². The predicted octanol–water partition coefficient (Wildman–Crippen LogP) is 3.69. The van der Waals surface area contributed by atoms with Crippen LogP contribution in [0.1, 0.15) is 37.4 Å². The van der Waals surface area contributed by atoms with Crippen molar-refractivity contribution in [3.63, 3.8) is 0 Å². The van der Waals surface area contributed by atoms with Gasteiger partial charge >= 0.3 is 0 Å². The molecule has 1 saturated heterocycles. The molecule has 0 saturated carbocycles. The number of aromatic hydroxyl groups is 1. The van der Waals surface area contributed by atoms with E-state index in [4.69, 9.17) is 4.74 Å². The minimum Gasteiger partial charge on any atom is -0.507 e. The van der Waals surface area contributed by atoms with Crippen LogP contribution in [0.15, 0.2) is 48.0 Å². The van der Waals surface area contributed by atoms with Gasteiger partial charge in [-0.25, -0.2) is 4.39 Å². The summed E-state index contributed by atoms with van der Waals surface area (Å²) in [7, 11) is 1.43. The maximum absolute atomic E-state index is 14.1. The number of halogens is 1. The van der Waals surface area contributed by atoms with Crippen LogP contribution >= 0.6 is 0 Å². The summed E-state index contributed by atoms with van der Waals surface area (Å²) >= 11 is 0. The number of rotatable bonds is 9. The second-order valence-corrected chi connectivity index (χ2v) is 7.81. The largest absolute Gasteiger partial charge is 0.507 e. The minimum atomic E-state index is -0.973. The van der Waals surface area contributed by atoms with Gasteiger partial charge in [0.05, 0.1) is 24.3 Å². The van der Waals surface area contributed by atoms with Gasteiger partial charge in [0.1, 0.15) is 23.1 Å². The third-order valence-electron chi connectivity index (χ3n) is 5.93. The number of ether oxygens (including phenoxy) is 1. The number of nitrogens with zero attached hydrogens (tertiary/aromatic N) is 2. The Morgan fingerprint density at radius 2 is 1.88 bits per heavy atom. The summed E-state index contributed by atoms with van der Waals surface area (Å²) in [5.74, 6) is -2.62. The molecule has 176 valence electrons. The zero-order valence-corrected chi connectivity index (χ0v) is 19.0. The molecule has 0 unspecified atom stereocenters. The number of benzene rings is 2. The lowest BCUT2D eigenvalue weighted by molar-refractivity contribution is -0.140. The van der Waals surface area contributed by atoms with E-state index in [0.29, 0.717) is 17.7 Å². The normalized spacial score (nSPS) is 17.7. The van der Waals surface area contributed by atoms with E-state index in [-0.39, 0.29) is 23.4 Å². The predicted molar refractivity (Wildman–Crippen MR) is 122 cm³/mol. The summed E-state index contributed by atoms with van der Waals surface area (Å²) in [6.45, 7) is 6.80. The molecular weight excluding hydrogens is 427 g/mol. The second kappa shape index (κ2) is 10.5. The number of ketones is 1. The number of amides is 1. The molecule has 33 heavy (non-hydrogen) atoms. The second-order valence-electron chi connectivity index (χ2n) is 7.81. The van der Waals surface area contributed by atoms with Crippen LogP contribution in [-0.4, -0.2) is 65.0 Å². The van der Waals surface area contributed by atoms with E-state index in [1.165, 1.54) is 48.4 Å². The fourth-order valence-corrected chi connectivity index (χ4v) is 4.12. The van der Waals surface area contributed by atoms with Crippen molar-refractivity contribution >= 4 is 17.4 Å². The lowest BCUT2D eigenvalue weighted by Crippen LogP contribution is -2.33. The number of Topliss-reactive ketones (excluding diaryl/α,β-unsaturated/α-hetero) is 1. The molecule has 0 aromatic heterocycles. The first-order valence-corrected chi connectivity index (χ1v) is 11.0. The number of phenols is 1.